The smallest absolute Gasteiger partial charge is 0.0592 e. The molecule has 0 radical (unpaired) electrons. The van der Waals surface area contributed by atoms with Gasteiger partial charge in [-0.25, -0.2) is 0 Å². The van der Waals surface area contributed by atoms with Gasteiger partial charge in [0.2, 0.25) is 0 Å². The SMILES string of the molecule is CC(C)(CN)C1(c2c[nH]c3ccccc23)COC1. The molecule has 2 heterocycles. The maximum Gasteiger partial charge on any atom is 0.0592 e. The van der Waals surface area contributed by atoms with Crippen LogP contribution in [0.5, 0.6) is 0 Å². The van der Waals surface area contributed by atoms with E-state index in [1.165, 1.54) is 16.5 Å². The number of aromatic amines is 1. The van der Waals surface area contributed by atoms with Crippen LogP contribution in [0.2, 0.25) is 0 Å². The molecule has 0 amide bonds. The van der Waals surface area contributed by atoms with Crippen LogP contribution in [-0.2, 0) is 10.2 Å². The topological polar surface area (TPSA) is 51.0 Å². The second-order valence-electron chi connectivity index (χ2n) is 5.91. The molecule has 1 aliphatic rings. The molecule has 3 rings (SSSR count). The van der Waals surface area contributed by atoms with Crippen LogP contribution in [-0.4, -0.2) is 24.7 Å². The van der Waals surface area contributed by atoms with Gasteiger partial charge in [0, 0.05) is 17.1 Å². The molecule has 0 bridgehead atoms. The first-order valence-electron chi connectivity index (χ1n) is 6.45. The van der Waals surface area contributed by atoms with Crippen LogP contribution < -0.4 is 5.73 Å². The summed E-state index contributed by atoms with van der Waals surface area (Å²) in [5.41, 5.74) is 8.60. The lowest BCUT2D eigenvalue weighted by molar-refractivity contribution is -0.115. The Kier molecular flexibility index (Phi) is 2.50. The Balaban J connectivity index is 2.18. The fourth-order valence-corrected chi connectivity index (χ4v) is 2.88. The fourth-order valence-electron chi connectivity index (χ4n) is 2.88. The Morgan fingerprint density at radius 3 is 2.67 bits per heavy atom. The first-order valence-corrected chi connectivity index (χ1v) is 6.45. The summed E-state index contributed by atoms with van der Waals surface area (Å²) < 4.78 is 5.53. The van der Waals surface area contributed by atoms with Crippen LogP contribution in [0.1, 0.15) is 19.4 Å². The predicted molar refractivity (Wildman–Crippen MR) is 73.6 cm³/mol. The molecule has 0 aliphatic carbocycles. The van der Waals surface area contributed by atoms with E-state index in [1.54, 1.807) is 0 Å². The van der Waals surface area contributed by atoms with E-state index in [1.807, 2.05) is 0 Å². The third-order valence-electron chi connectivity index (χ3n) is 4.61. The summed E-state index contributed by atoms with van der Waals surface area (Å²) in [5, 5.41) is 1.29. The monoisotopic (exact) mass is 244 g/mol. The van der Waals surface area contributed by atoms with E-state index in [0.717, 1.165) is 13.2 Å². The molecular formula is C15H20N2O. The van der Waals surface area contributed by atoms with E-state index >= 15 is 0 Å². The summed E-state index contributed by atoms with van der Waals surface area (Å²) in [6.07, 6.45) is 2.13. The minimum absolute atomic E-state index is 0.0379. The minimum Gasteiger partial charge on any atom is -0.379 e. The molecule has 1 saturated heterocycles. The van der Waals surface area contributed by atoms with Crippen molar-refractivity contribution in [3.05, 3.63) is 36.0 Å². The molecule has 0 atom stereocenters. The zero-order chi connectivity index (χ0) is 12.8. The van der Waals surface area contributed by atoms with Crippen molar-refractivity contribution in [3.63, 3.8) is 0 Å². The number of hydrogen-bond acceptors (Lipinski definition) is 2. The standard InChI is InChI=1S/C15H20N2O/c1-14(2,8-16)15(9-18-10-15)12-7-17-13-6-4-3-5-11(12)13/h3-7,17H,8-10,16H2,1-2H3. The number of nitrogens with two attached hydrogens (primary N) is 1. The number of benzene rings is 1. The van der Waals surface area contributed by atoms with E-state index < -0.39 is 0 Å². The molecule has 0 spiro atoms. The summed E-state index contributed by atoms with van der Waals surface area (Å²) >= 11 is 0. The van der Waals surface area contributed by atoms with Crippen molar-refractivity contribution in [2.45, 2.75) is 19.3 Å². The molecule has 0 unspecified atom stereocenters. The molecule has 0 saturated carbocycles. The Bertz CT molecular complexity index is 567. The Morgan fingerprint density at radius 2 is 2.06 bits per heavy atom. The predicted octanol–water partition coefficient (Wildman–Crippen LogP) is 2.42. The lowest BCUT2D eigenvalue weighted by Crippen LogP contribution is -2.59. The first kappa shape index (κ1) is 11.8. The molecule has 1 aromatic heterocycles. The van der Waals surface area contributed by atoms with Gasteiger partial charge in [-0.1, -0.05) is 32.0 Å². The number of fused-ring (bicyclic) bond motifs is 1. The number of H-pyrrole nitrogens is 1. The van der Waals surface area contributed by atoms with Gasteiger partial charge in [-0.2, -0.15) is 0 Å². The molecule has 2 aromatic rings. The van der Waals surface area contributed by atoms with E-state index in [0.29, 0.717) is 6.54 Å². The quantitative estimate of drug-likeness (QED) is 0.871. The van der Waals surface area contributed by atoms with Crippen LogP contribution in [0.4, 0.5) is 0 Å². The zero-order valence-corrected chi connectivity index (χ0v) is 11.0. The van der Waals surface area contributed by atoms with Gasteiger partial charge in [0.05, 0.1) is 18.6 Å². The maximum atomic E-state index is 5.99. The van der Waals surface area contributed by atoms with Crippen molar-refractivity contribution in [1.29, 1.82) is 0 Å². The molecular weight excluding hydrogens is 224 g/mol. The van der Waals surface area contributed by atoms with Crippen molar-refractivity contribution in [2.24, 2.45) is 11.1 Å². The fraction of sp³-hybridized carbons (Fsp3) is 0.467. The number of nitrogens with one attached hydrogen (secondary N) is 1. The largest absolute Gasteiger partial charge is 0.379 e. The van der Waals surface area contributed by atoms with Crippen molar-refractivity contribution >= 4 is 10.9 Å². The number of ether oxygens (including phenoxy) is 1. The zero-order valence-electron chi connectivity index (χ0n) is 11.0. The second kappa shape index (κ2) is 3.84. The maximum absolute atomic E-state index is 5.99. The van der Waals surface area contributed by atoms with Gasteiger partial charge >= 0.3 is 0 Å². The van der Waals surface area contributed by atoms with Gasteiger partial charge in [0.15, 0.2) is 0 Å². The van der Waals surface area contributed by atoms with Crippen LogP contribution in [0, 0.1) is 5.41 Å². The van der Waals surface area contributed by atoms with E-state index in [-0.39, 0.29) is 10.8 Å². The lowest BCUT2D eigenvalue weighted by atomic mass is 9.60. The van der Waals surface area contributed by atoms with Gasteiger partial charge in [-0.3, -0.25) is 0 Å². The van der Waals surface area contributed by atoms with Gasteiger partial charge in [-0.05, 0) is 23.6 Å². The summed E-state index contributed by atoms with van der Waals surface area (Å²) in [4.78, 5) is 3.36. The van der Waals surface area contributed by atoms with Crippen LogP contribution in [0.25, 0.3) is 10.9 Å². The van der Waals surface area contributed by atoms with Gasteiger partial charge in [0.25, 0.3) is 0 Å². The average molecular weight is 244 g/mol. The first-order chi connectivity index (χ1) is 8.61. The molecule has 3 N–H and O–H groups in total. The second-order valence-corrected chi connectivity index (χ2v) is 5.91. The highest BCUT2D eigenvalue weighted by molar-refractivity contribution is 5.84. The highest BCUT2D eigenvalue weighted by Crippen LogP contribution is 2.48. The molecule has 96 valence electrons. The third-order valence-corrected chi connectivity index (χ3v) is 4.61. The molecule has 1 aromatic carbocycles. The third kappa shape index (κ3) is 1.38. The Morgan fingerprint density at radius 1 is 1.33 bits per heavy atom. The minimum atomic E-state index is 0.0379. The summed E-state index contributed by atoms with van der Waals surface area (Å²) in [5.74, 6) is 0. The number of para-hydroxylation sites is 1. The van der Waals surface area contributed by atoms with Crippen molar-refractivity contribution in [2.75, 3.05) is 19.8 Å². The average Bonchev–Trinajstić information content (AvgIpc) is 2.72. The van der Waals surface area contributed by atoms with Gasteiger partial charge in [-0.15, -0.1) is 0 Å². The van der Waals surface area contributed by atoms with Gasteiger partial charge in [0.1, 0.15) is 0 Å². The Hall–Kier alpha value is -1.32. The summed E-state index contributed by atoms with van der Waals surface area (Å²) in [6, 6.07) is 8.43. The molecule has 1 fully saturated rings. The molecule has 18 heavy (non-hydrogen) atoms. The lowest BCUT2D eigenvalue weighted by Gasteiger charge is -2.52. The van der Waals surface area contributed by atoms with Crippen molar-refractivity contribution in [1.82, 2.24) is 4.98 Å². The van der Waals surface area contributed by atoms with E-state index in [4.69, 9.17) is 10.5 Å². The summed E-state index contributed by atoms with van der Waals surface area (Å²) in [7, 11) is 0. The number of aromatic nitrogens is 1. The highest BCUT2D eigenvalue weighted by Gasteiger charge is 2.52. The summed E-state index contributed by atoms with van der Waals surface area (Å²) in [6.45, 7) is 6.66. The molecule has 3 nitrogen and oxygen atoms in total. The van der Waals surface area contributed by atoms with Crippen LogP contribution in [0.3, 0.4) is 0 Å². The van der Waals surface area contributed by atoms with Gasteiger partial charge < -0.3 is 15.5 Å². The van der Waals surface area contributed by atoms with Crippen LogP contribution >= 0.6 is 0 Å². The van der Waals surface area contributed by atoms with Crippen molar-refractivity contribution in [3.8, 4) is 0 Å². The van der Waals surface area contributed by atoms with E-state index in [9.17, 15) is 0 Å². The molecule has 3 heteroatoms. The number of hydrogen-bond donors (Lipinski definition) is 2. The van der Waals surface area contributed by atoms with E-state index in [2.05, 4.69) is 49.3 Å². The Labute approximate surface area is 107 Å². The normalized spacial score (nSPS) is 18.8. The van der Waals surface area contributed by atoms with Crippen LogP contribution in [0.15, 0.2) is 30.5 Å². The van der Waals surface area contributed by atoms with Crippen molar-refractivity contribution < 1.29 is 4.74 Å². The highest BCUT2D eigenvalue weighted by atomic mass is 16.5. The number of rotatable bonds is 3. The molecule has 1 aliphatic heterocycles.